The Morgan fingerprint density at radius 1 is 0.829 bits per heavy atom. The summed E-state index contributed by atoms with van der Waals surface area (Å²) in [6, 6.07) is 15.7. The molecule has 0 fully saturated rings. The molecule has 6 nitrogen and oxygen atoms in total. The molecule has 0 aliphatic rings. The fraction of sp³-hybridized carbons (Fsp3) is 0.379. The second-order valence-electron chi connectivity index (χ2n) is 8.54. The van der Waals surface area contributed by atoms with Crippen LogP contribution in [0.1, 0.15) is 61.6 Å². The average Bonchev–Trinajstić information content (AvgIpc) is 2.86. The number of methoxy groups -OCH3 is 3. The highest BCUT2D eigenvalue weighted by molar-refractivity contribution is 5.96. The Morgan fingerprint density at radius 2 is 1.46 bits per heavy atom. The molecule has 186 valence electrons. The van der Waals surface area contributed by atoms with Crippen LogP contribution in [-0.4, -0.2) is 33.3 Å². The molecule has 1 unspecified atom stereocenters. The summed E-state index contributed by atoms with van der Waals surface area (Å²) in [6.45, 7) is 3.46. The maximum atomic E-state index is 11.5. The molecule has 0 radical (unpaired) electrons. The van der Waals surface area contributed by atoms with Crippen molar-refractivity contribution in [3.63, 3.8) is 0 Å². The molecule has 0 aromatic heterocycles. The molecule has 0 heterocycles. The Morgan fingerprint density at radius 3 is 2.03 bits per heavy atom. The second kappa shape index (κ2) is 12.2. The van der Waals surface area contributed by atoms with Crippen molar-refractivity contribution in [1.82, 2.24) is 0 Å². The number of carbonyl (C=O) groups is 2. The van der Waals surface area contributed by atoms with E-state index in [9.17, 15) is 9.59 Å². The monoisotopic (exact) mass is 478 g/mol. The van der Waals surface area contributed by atoms with Gasteiger partial charge in [-0.05, 0) is 43.0 Å². The summed E-state index contributed by atoms with van der Waals surface area (Å²) in [4.78, 5) is 22.9. The van der Waals surface area contributed by atoms with Crippen LogP contribution in [0.4, 0.5) is 0 Å². The summed E-state index contributed by atoms with van der Waals surface area (Å²) >= 11 is 0. The van der Waals surface area contributed by atoms with Gasteiger partial charge in [0.15, 0.2) is 0 Å². The topological polar surface area (TPSA) is 71.1 Å². The van der Waals surface area contributed by atoms with Crippen LogP contribution in [0.2, 0.25) is 0 Å². The first-order valence-electron chi connectivity index (χ1n) is 11.9. The lowest BCUT2D eigenvalue weighted by Crippen LogP contribution is -2.09. The summed E-state index contributed by atoms with van der Waals surface area (Å²) < 4.78 is 21.9. The molecule has 35 heavy (non-hydrogen) atoms. The smallest absolute Gasteiger partial charge is 0.308 e. The van der Waals surface area contributed by atoms with Gasteiger partial charge in [-0.15, -0.1) is 0 Å². The van der Waals surface area contributed by atoms with Crippen molar-refractivity contribution in [2.24, 2.45) is 0 Å². The maximum Gasteiger partial charge on any atom is 0.308 e. The largest absolute Gasteiger partial charge is 0.496 e. The number of hydrogen-bond acceptors (Lipinski definition) is 6. The molecule has 0 saturated carbocycles. The lowest BCUT2D eigenvalue weighted by molar-refractivity contribution is -0.140. The molecular formula is C29H34O6. The molecule has 3 aromatic carbocycles. The number of rotatable bonds is 11. The molecule has 6 heteroatoms. The maximum absolute atomic E-state index is 11.5. The molecular weight excluding hydrogens is 444 g/mol. The molecule has 1 atom stereocenters. The summed E-state index contributed by atoms with van der Waals surface area (Å²) in [5, 5.41) is 2.01. The second-order valence-corrected chi connectivity index (χ2v) is 8.54. The number of esters is 2. The lowest BCUT2D eigenvalue weighted by atomic mass is 9.82. The molecule has 0 bridgehead atoms. The highest BCUT2D eigenvalue weighted by Gasteiger charge is 2.26. The van der Waals surface area contributed by atoms with Crippen molar-refractivity contribution in [3.8, 4) is 17.2 Å². The summed E-state index contributed by atoms with van der Waals surface area (Å²) in [6.07, 6.45) is 3.88. The standard InChI is InChI=1S/C29H34O6/c1-19-27(29(34-5)25-13-10-9-12-24(25)28(19)33-4)23(11-7-6-8-14-26(31)32-3)21-15-17-22(18-16-21)35-20(2)30/h9-10,12-13,15-18,23H,6-8,11,14H2,1-5H3. The number of fused-ring (bicyclic) bond motifs is 1. The Bertz CT molecular complexity index is 1170. The summed E-state index contributed by atoms with van der Waals surface area (Å²) in [5.74, 6) is 1.67. The van der Waals surface area contributed by atoms with Crippen LogP contribution in [0.5, 0.6) is 17.2 Å². The fourth-order valence-corrected chi connectivity index (χ4v) is 4.73. The Balaban J connectivity index is 2.05. The minimum Gasteiger partial charge on any atom is -0.496 e. The number of unbranched alkanes of at least 4 members (excludes halogenated alkanes) is 2. The number of benzene rings is 3. The first-order chi connectivity index (χ1) is 16.9. The molecule has 3 rings (SSSR count). The van der Waals surface area contributed by atoms with Crippen molar-refractivity contribution in [2.75, 3.05) is 21.3 Å². The molecule has 0 aliphatic heterocycles. The quantitative estimate of drug-likeness (QED) is 0.182. The van der Waals surface area contributed by atoms with E-state index in [4.69, 9.17) is 18.9 Å². The van der Waals surface area contributed by atoms with Crippen molar-refractivity contribution < 1.29 is 28.5 Å². The molecule has 3 aromatic rings. The van der Waals surface area contributed by atoms with Crippen LogP contribution >= 0.6 is 0 Å². The molecule has 0 N–H and O–H groups in total. The van der Waals surface area contributed by atoms with E-state index < -0.39 is 0 Å². The van der Waals surface area contributed by atoms with Crippen molar-refractivity contribution in [3.05, 3.63) is 65.2 Å². The Hall–Kier alpha value is -3.54. The van der Waals surface area contributed by atoms with Gasteiger partial charge in [0.05, 0.1) is 21.3 Å². The van der Waals surface area contributed by atoms with Gasteiger partial charge in [0.25, 0.3) is 0 Å². The zero-order chi connectivity index (χ0) is 25.4. The van der Waals surface area contributed by atoms with Crippen molar-refractivity contribution in [1.29, 1.82) is 0 Å². The normalized spacial score (nSPS) is 11.7. The Kier molecular flexibility index (Phi) is 9.12. The number of hydrogen-bond donors (Lipinski definition) is 0. The third kappa shape index (κ3) is 6.13. The van der Waals surface area contributed by atoms with Crippen LogP contribution in [-0.2, 0) is 14.3 Å². The SMILES string of the molecule is COC(=O)CCCCCC(c1ccc(OC(C)=O)cc1)c1c(C)c(OC)c2ccccc2c1OC. The zero-order valence-corrected chi connectivity index (χ0v) is 21.2. The van der Waals surface area contributed by atoms with E-state index in [1.807, 2.05) is 42.5 Å². The summed E-state index contributed by atoms with van der Waals surface area (Å²) in [5.41, 5.74) is 3.20. The van der Waals surface area contributed by atoms with Crippen molar-refractivity contribution >= 4 is 22.7 Å². The van der Waals surface area contributed by atoms with Crippen LogP contribution in [0.15, 0.2) is 48.5 Å². The van der Waals surface area contributed by atoms with E-state index in [1.54, 1.807) is 14.2 Å². The van der Waals surface area contributed by atoms with E-state index >= 15 is 0 Å². The van der Waals surface area contributed by atoms with Crippen LogP contribution < -0.4 is 14.2 Å². The van der Waals surface area contributed by atoms with Gasteiger partial charge in [-0.1, -0.05) is 49.2 Å². The number of ether oxygens (including phenoxy) is 4. The van der Waals surface area contributed by atoms with Crippen molar-refractivity contribution in [2.45, 2.75) is 51.9 Å². The first-order valence-corrected chi connectivity index (χ1v) is 11.9. The van der Waals surface area contributed by atoms with Gasteiger partial charge in [0.2, 0.25) is 0 Å². The first kappa shape index (κ1) is 26.1. The summed E-state index contributed by atoms with van der Waals surface area (Å²) in [7, 11) is 4.81. The van der Waals surface area contributed by atoms with Gasteiger partial charge in [-0.3, -0.25) is 9.59 Å². The van der Waals surface area contributed by atoms with Gasteiger partial charge in [0, 0.05) is 35.6 Å². The van der Waals surface area contributed by atoms with Crippen LogP contribution in [0.25, 0.3) is 10.8 Å². The third-order valence-corrected chi connectivity index (χ3v) is 6.31. The molecule has 0 spiro atoms. The van der Waals surface area contributed by atoms with Gasteiger partial charge in [0.1, 0.15) is 17.2 Å². The van der Waals surface area contributed by atoms with E-state index in [1.165, 1.54) is 14.0 Å². The molecule has 0 aliphatic carbocycles. The molecule has 0 amide bonds. The minimum atomic E-state index is -0.350. The van der Waals surface area contributed by atoms with E-state index in [0.717, 1.165) is 64.6 Å². The van der Waals surface area contributed by atoms with Gasteiger partial charge < -0.3 is 18.9 Å². The van der Waals surface area contributed by atoms with E-state index in [2.05, 4.69) is 13.0 Å². The van der Waals surface area contributed by atoms with E-state index in [-0.39, 0.29) is 17.9 Å². The van der Waals surface area contributed by atoms with E-state index in [0.29, 0.717) is 12.2 Å². The Labute approximate surface area is 207 Å². The highest BCUT2D eigenvalue weighted by Crippen LogP contribution is 2.47. The fourth-order valence-electron chi connectivity index (χ4n) is 4.73. The zero-order valence-electron chi connectivity index (χ0n) is 21.2. The third-order valence-electron chi connectivity index (χ3n) is 6.31. The predicted molar refractivity (Wildman–Crippen MR) is 136 cm³/mol. The van der Waals surface area contributed by atoms with Gasteiger partial charge in [-0.2, -0.15) is 0 Å². The average molecular weight is 479 g/mol. The van der Waals surface area contributed by atoms with Gasteiger partial charge in [-0.25, -0.2) is 0 Å². The molecule has 0 saturated heterocycles. The van der Waals surface area contributed by atoms with Crippen LogP contribution in [0.3, 0.4) is 0 Å². The predicted octanol–water partition coefficient (Wildman–Crippen LogP) is 6.35. The highest BCUT2D eigenvalue weighted by atomic mass is 16.5. The lowest BCUT2D eigenvalue weighted by Gasteiger charge is -2.26. The number of carbonyl (C=O) groups excluding carboxylic acids is 2. The van der Waals surface area contributed by atoms with Crippen LogP contribution in [0, 0.1) is 6.92 Å². The van der Waals surface area contributed by atoms with Gasteiger partial charge >= 0.3 is 11.9 Å². The minimum absolute atomic E-state index is 0.0213.